The molecule has 0 atom stereocenters. The lowest BCUT2D eigenvalue weighted by Crippen LogP contribution is -2.25. The Balaban J connectivity index is 2.64. The van der Waals surface area contributed by atoms with Crippen LogP contribution in [0.3, 0.4) is 0 Å². The van der Waals surface area contributed by atoms with E-state index in [0.717, 1.165) is 28.1 Å². The fourth-order valence-corrected chi connectivity index (χ4v) is 2.53. The molecule has 1 aliphatic rings. The first-order valence-corrected chi connectivity index (χ1v) is 6.83. The number of hydrogen-bond acceptors (Lipinski definition) is 2. The lowest BCUT2D eigenvalue weighted by atomic mass is 9.85. The molecule has 0 amide bonds. The number of Topliss-reactive ketones (excluding diaryl/α,β-unsaturated/α-hetero) is 1. The molecule has 1 aliphatic carbocycles. The van der Waals surface area contributed by atoms with E-state index in [2.05, 4.69) is 31.9 Å². The van der Waals surface area contributed by atoms with E-state index in [9.17, 15) is 4.79 Å². The molecule has 2 nitrogen and oxygen atoms in total. The van der Waals surface area contributed by atoms with Crippen LogP contribution >= 0.6 is 0 Å². The van der Waals surface area contributed by atoms with E-state index < -0.39 is 0 Å². The molecule has 0 heterocycles. The Morgan fingerprint density at radius 2 is 1.75 bits per heavy atom. The molecule has 104 valence electrons. The number of fused-ring (bicyclic) bond motifs is 1. The van der Waals surface area contributed by atoms with E-state index in [1.165, 1.54) is 0 Å². The summed E-state index contributed by atoms with van der Waals surface area (Å²) in [5, 5.41) is 0. The predicted octanol–water partition coefficient (Wildman–Crippen LogP) is 4.27. The van der Waals surface area contributed by atoms with Gasteiger partial charge in [-0.3, -0.25) is 4.79 Å². The van der Waals surface area contributed by atoms with Crippen LogP contribution in [0.4, 0.5) is 0 Å². The van der Waals surface area contributed by atoms with Gasteiger partial charge >= 0.3 is 0 Å². The van der Waals surface area contributed by atoms with E-state index >= 15 is 0 Å². The minimum atomic E-state index is 0.0189. The van der Waals surface area contributed by atoms with E-state index in [4.69, 9.17) is 0 Å². The van der Waals surface area contributed by atoms with Crippen LogP contribution < -0.4 is 0 Å². The Morgan fingerprint density at radius 1 is 1.20 bits per heavy atom. The smallest absolute Gasteiger partial charge is 0.193 e. The number of hydrogen-bond donors (Lipinski definition) is 0. The number of carbonyl (C=O) groups is 1. The Hall–Kier alpha value is -2.09. The third-order valence-electron chi connectivity index (χ3n) is 3.94. The molecule has 1 aromatic rings. The Kier molecular flexibility index (Phi) is 3.67. The van der Waals surface area contributed by atoms with Crippen molar-refractivity contribution < 1.29 is 4.79 Å². The Bertz CT molecular complexity index is 635. The lowest BCUT2D eigenvalue weighted by molar-refractivity contribution is 0.103. The van der Waals surface area contributed by atoms with Gasteiger partial charge in [-0.1, -0.05) is 51.3 Å². The van der Waals surface area contributed by atoms with Crippen LogP contribution in [0.25, 0.3) is 5.70 Å². The summed E-state index contributed by atoms with van der Waals surface area (Å²) in [5.74, 6) is 0.365. The standard InChI is InChI=1S/C18H21NO/c1-11(2)14(5)19(6)17-12(3)13(4)18(20)16-10-8-7-9-15(16)17/h7-11H,4-5H2,1-3,6H3. The zero-order valence-electron chi connectivity index (χ0n) is 12.7. The first kappa shape index (κ1) is 14.3. The zero-order valence-corrected chi connectivity index (χ0v) is 12.7. The number of allylic oxidation sites excluding steroid dienone is 3. The van der Waals surface area contributed by atoms with Gasteiger partial charge in [-0.05, 0) is 18.4 Å². The van der Waals surface area contributed by atoms with Crippen LogP contribution in [0.15, 0.2) is 54.3 Å². The highest BCUT2D eigenvalue weighted by atomic mass is 16.1. The highest BCUT2D eigenvalue weighted by Gasteiger charge is 2.28. The van der Waals surface area contributed by atoms with Gasteiger partial charge in [0.15, 0.2) is 5.78 Å². The topological polar surface area (TPSA) is 20.3 Å². The van der Waals surface area contributed by atoms with Crippen LogP contribution in [0, 0.1) is 5.92 Å². The van der Waals surface area contributed by atoms with E-state index in [1.54, 1.807) is 0 Å². The molecule has 0 bridgehead atoms. The van der Waals surface area contributed by atoms with Crippen molar-refractivity contribution in [2.75, 3.05) is 7.05 Å². The number of ketones is 1. The fourth-order valence-electron chi connectivity index (χ4n) is 2.53. The molecule has 2 rings (SSSR count). The van der Waals surface area contributed by atoms with Crippen molar-refractivity contribution in [1.29, 1.82) is 0 Å². The van der Waals surface area contributed by atoms with Crippen LogP contribution in [0.1, 0.15) is 36.7 Å². The first-order chi connectivity index (χ1) is 9.36. The van der Waals surface area contributed by atoms with Gasteiger partial charge in [-0.25, -0.2) is 0 Å². The molecule has 0 saturated carbocycles. The average molecular weight is 267 g/mol. The molecule has 0 saturated heterocycles. The van der Waals surface area contributed by atoms with Crippen LogP contribution in [0.5, 0.6) is 0 Å². The van der Waals surface area contributed by atoms with E-state index in [0.29, 0.717) is 11.5 Å². The van der Waals surface area contributed by atoms with E-state index in [-0.39, 0.29) is 5.78 Å². The van der Waals surface area contributed by atoms with Gasteiger partial charge in [0.2, 0.25) is 0 Å². The minimum Gasteiger partial charge on any atom is -0.348 e. The summed E-state index contributed by atoms with van der Waals surface area (Å²) in [7, 11) is 2.00. The van der Waals surface area contributed by atoms with Crippen molar-refractivity contribution in [2.45, 2.75) is 20.8 Å². The highest BCUT2D eigenvalue weighted by Crippen LogP contribution is 2.37. The monoisotopic (exact) mass is 267 g/mol. The highest BCUT2D eigenvalue weighted by molar-refractivity contribution is 6.17. The second-order valence-electron chi connectivity index (χ2n) is 5.53. The van der Waals surface area contributed by atoms with Gasteiger partial charge in [0.05, 0.1) is 5.70 Å². The third-order valence-corrected chi connectivity index (χ3v) is 3.94. The molecule has 0 spiro atoms. The molecule has 20 heavy (non-hydrogen) atoms. The summed E-state index contributed by atoms with van der Waals surface area (Å²) < 4.78 is 0. The summed E-state index contributed by atoms with van der Waals surface area (Å²) >= 11 is 0. The average Bonchev–Trinajstić information content (AvgIpc) is 2.44. The van der Waals surface area contributed by atoms with Crippen molar-refractivity contribution in [3.8, 4) is 0 Å². The van der Waals surface area contributed by atoms with Crippen molar-refractivity contribution in [1.82, 2.24) is 4.90 Å². The van der Waals surface area contributed by atoms with Crippen molar-refractivity contribution in [2.24, 2.45) is 5.92 Å². The normalized spacial score (nSPS) is 14.7. The zero-order chi connectivity index (χ0) is 15.0. The maximum absolute atomic E-state index is 12.3. The summed E-state index contributed by atoms with van der Waals surface area (Å²) in [6.45, 7) is 14.3. The minimum absolute atomic E-state index is 0.0189. The van der Waals surface area contributed by atoms with Gasteiger partial charge in [-0.2, -0.15) is 0 Å². The first-order valence-electron chi connectivity index (χ1n) is 6.83. The Morgan fingerprint density at radius 3 is 2.30 bits per heavy atom. The molecule has 1 aromatic carbocycles. The van der Waals surface area contributed by atoms with Gasteiger partial charge in [0.25, 0.3) is 0 Å². The van der Waals surface area contributed by atoms with Crippen LogP contribution in [-0.2, 0) is 0 Å². The molecule has 0 unspecified atom stereocenters. The summed E-state index contributed by atoms with van der Waals surface area (Å²) in [4.78, 5) is 14.4. The van der Waals surface area contributed by atoms with Gasteiger partial charge in [0, 0.05) is 29.4 Å². The summed E-state index contributed by atoms with van der Waals surface area (Å²) in [5.41, 5.74) is 5.24. The largest absolute Gasteiger partial charge is 0.348 e. The van der Waals surface area contributed by atoms with Gasteiger partial charge in [0.1, 0.15) is 0 Å². The quantitative estimate of drug-likeness (QED) is 0.762. The Labute approximate surface area is 121 Å². The number of benzene rings is 1. The molecular formula is C18H21NO. The molecule has 0 aliphatic heterocycles. The number of rotatable bonds is 3. The third kappa shape index (κ3) is 2.11. The SMILES string of the molecule is C=C1C(=O)c2ccccc2C(N(C)C(=C)C(C)C)=C1C. The molecule has 0 N–H and O–H groups in total. The maximum Gasteiger partial charge on any atom is 0.193 e. The molecule has 2 heteroatoms. The molecule has 0 fully saturated rings. The number of nitrogens with zero attached hydrogens (tertiary/aromatic N) is 1. The summed E-state index contributed by atoms with van der Waals surface area (Å²) in [6.07, 6.45) is 0. The van der Waals surface area contributed by atoms with Crippen molar-refractivity contribution in [3.63, 3.8) is 0 Å². The van der Waals surface area contributed by atoms with Gasteiger partial charge in [-0.15, -0.1) is 0 Å². The molecule has 0 aromatic heterocycles. The second-order valence-corrected chi connectivity index (χ2v) is 5.53. The molecule has 0 radical (unpaired) electrons. The lowest BCUT2D eigenvalue weighted by Gasteiger charge is -2.32. The summed E-state index contributed by atoms with van der Waals surface area (Å²) in [6, 6.07) is 7.70. The van der Waals surface area contributed by atoms with Crippen molar-refractivity contribution in [3.05, 3.63) is 65.4 Å². The van der Waals surface area contributed by atoms with E-state index in [1.807, 2.05) is 38.2 Å². The second kappa shape index (κ2) is 5.12. The van der Waals surface area contributed by atoms with Crippen molar-refractivity contribution >= 4 is 11.5 Å². The van der Waals surface area contributed by atoms with Gasteiger partial charge < -0.3 is 4.90 Å². The fraction of sp³-hybridized carbons (Fsp3) is 0.278. The maximum atomic E-state index is 12.3. The predicted molar refractivity (Wildman–Crippen MR) is 84.2 cm³/mol. The number of carbonyl (C=O) groups excluding carboxylic acids is 1. The molecular weight excluding hydrogens is 246 g/mol. The van der Waals surface area contributed by atoms with Crippen LogP contribution in [0.2, 0.25) is 0 Å². The van der Waals surface area contributed by atoms with Crippen LogP contribution in [-0.4, -0.2) is 17.7 Å².